The summed E-state index contributed by atoms with van der Waals surface area (Å²) in [6.45, 7) is 1.41. The smallest absolute Gasteiger partial charge is 0.271 e. The van der Waals surface area contributed by atoms with E-state index in [9.17, 15) is 13.2 Å². The van der Waals surface area contributed by atoms with Gasteiger partial charge in [-0.15, -0.1) is 11.3 Å². The monoisotopic (exact) mass is 431 g/mol. The number of nitrogens with zero attached hydrogens (tertiary/aromatic N) is 1. The van der Waals surface area contributed by atoms with Gasteiger partial charge >= 0.3 is 0 Å². The quantitative estimate of drug-likeness (QED) is 0.655. The third-order valence-electron chi connectivity index (χ3n) is 2.74. The van der Waals surface area contributed by atoms with Crippen LogP contribution >= 0.6 is 38.6 Å². The molecule has 0 aliphatic heterocycles. The van der Waals surface area contributed by atoms with Gasteiger partial charge in [-0.1, -0.05) is 11.3 Å². The van der Waals surface area contributed by atoms with E-state index in [4.69, 9.17) is 0 Å². The Morgan fingerprint density at radius 3 is 2.65 bits per heavy atom. The zero-order valence-electron chi connectivity index (χ0n) is 11.7. The largest absolute Gasteiger partial charge is 0.302 e. The van der Waals surface area contributed by atoms with Gasteiger partial charge in [0.25, 0.3) is 10.0 Å². The third kappa shape index (κ3) is 3.71. The number of aromatic nitrogens is 1. The van der Waals surface area contributed by atoms with Gasteiger partial charge in [0.05, 0.1) is 19.7 Å². The normalized spacial score (nSPS) is 11.6. The fraction of sp³-hybridized carbons (Fsp3) is 0.0769. The molecule has 120 valence electrons. The lowest BCUT2D eigenvalue weighted by Crippen LogP contribution is -2.11. The molecule has 0 aliphatic rings. The predicted octanol–water partition coefficient (Wildman–Crippen LogP) is 3.88. The second kappa shape index (κ2) is 6.19. The molecule has 0 saturated carbocycles. The number of sulfonamides is 1. The van der Waals surface area contributed by atoms with E-state index in [0.29, 0.717) is 16.3 Å². The molecule has 10 heteroatoms. The van der Waals surface area contributed by atoms with Crippen LogP contribution in [-0.2, 0) is 14.8 Å². The summed E-state index contributed by atoms with van der Waals surface area (Å²) in [4.78, 5) is 15.3. The van der Waals surface area contributed by atoms with E-state index in [-0.39, 0.29) is 10.1 Å². The molecule has 0 atom stereocenters. The van der Waals surface area contributed by atoms with Crippen molar-refractivity contribution in [1.29, 1.82) is 0 Å². The fourth-order valence-electron chi connectivity index (χ4n) is 1.84. The average molecular weight is 432 g/mol. The van der Waals surface area contributed by atoms with E-state index >= 15 is 0 Å². The summed E-state index contributed by atoms with van der Waals surface area (Å²) in [5, 5.41) is 3.10. The third-order valence-corrected chi connectivity index (χ3v) is 7.18. The number of fused-ring (bicyclic) bond motifs is 1. The number of amides is 1. The van der Waals surface area contributed by atoms with E-state index in [2.05, 4.69) is 31.0 Å². The molecule has 3 aromatic rings. The molecule has 2 aromatic heterocycles. The summed E-state index contributed by atoms with van der Waals surface area (Å²) in [6.07, 6.45) is 0. The molecule has 0 spiro atoms. The van der Waals surface area contributed by atoms with Gasteiger partial charge in [0, 0.05) is 6.92 Å². The summed E-state index contributed by atoms with van der Waals surface area (Å²) in [5.41, 5.74) is 1.04. The molecule has 0 bridgehead atoms. The zero-order chi connectivity index (χ0) is 16.6. The van der Waals surface area contributed by atoms with Crippen molar-refractivity contribution in [3.63, 3.8) is 0 Å². The van der Waals surface area contributed by atoms with Crippen molar-refractivity contribution >= 4 is 75.6 Å². The number of anilines is 2. The van der Waals surface area contributed by atoms with Gasteiger partial charge in [-0.2, -0.15) is 0 Å². The van der Waals surface area contributed by atoms with Gasteiger partial charge in [0.2, 0.25) is 5.91 Å². The molecule has 2 heterocycles. The molecule has 0 radical (unpaired) electrons. The van der Waals surface area contributed by atoms with Crippen LogP contribution < -0.4 is 10.0 Å². The molecule has 0 fully saturated rings. The van der Waals surface area contributed by atoms with Crippen molar-refractivity contribution in [3.8, 4) is 0 Å². The highest BCUT2D eigenvalue weighted by atomic mass is 79.9. The lowest BCUT2D eigenvalue weighted by molar-refractivity contribution is -0.114. The van der Waals surface area contributed by atoms with Crippen LogP contribution in [0, 0.1) is 0 Å². The highest BCUT2D eigenvalue weighted by Gasteiger charge is 2.17. The number of nitrogens with one attached hydrogen (secondary N) is 2. The van der Waals surface area contributed by atoms with Crippen LogP contribution in [0.2, 0.25) is 0 Å². The van der Waals surface area contributed by atoms with E-state index in [1.807, 2.05) is 0 Å². The summed E-state index contributed by atoms with van der Waals surface area (Å²) in [7, 11) is -3.63. The van der Waals surface area contributed by atoms with Crippen LogP contribution in [0.5, 0.6) is 0 Å². The lowest BCUT2D eigenvalue weighted by Gasteiger charge is -2.05. The van der Waals surface area contributed by atoms with Crippen molar-refractivity contribution in [2.75, 3.05) is 10.0 Å². The summed E-state index contributed by atoms with van der Waals surface area (Å²) in [5.74, 6) is -0.201. The van der Waals surface area contributed by atoms with Crippen molar-refractivity contribution in [3.05, 3.63) is 34.1 Å². The Kier molecular flexibility index (Phi) is 4.41. The van der Waals surface area contributed by atoms with Crippen LogP contribution in [0.4, 0.5) is 10.8 Å². The molecule has 0 aliphatic carbocycles. The molecule has 3 rings (SSSR count). The SMILES string of the molecule is CC(=O)Nc1nc2cc(NS(=O)(=O)c3ccc(Br)s3)ccc2s1. The standard InChI is InChI=1S/C13H10BrN3O3S3/c1-7(18)15-13-16-9-6-8(2-3-10(9)21-13)17-23(19,20)12-5-4-11(14)22-12/h2-6,17H,1H3,(H,15,16,18). The first-order chi connectivity index (χ1) is 10.8. The number of halogens is 1. The molecule has 1 amide bonds. The number of thiazole rings is 1. The average Bonchev–Trinajstić information content (AvgIpc) is 3.03. The van der Waals surface area contributed by atoms with Crippen molar-refractivity contribution < 1.29 is 13.2 Å². The van der Waals surface area contributed by atoms with Gasteiger partial charge in [-0.3, -0.25) is 9.52 Å². The Morgan fingerprint density at radius 2 is 2.00 bits per heavy atom. The number of hydrogen-bond donors (Lipinski definition) is 2. The second-order valence-electron chi connectivity index (χ2n) is 4.55. The molecular weight excluding hydrogens is 422 g/mol. The minimum absolute atomic E-state index is 0.201. The molecular formula is C13H10BrN3O3S3. The van der Waals surface area contributed by atoms with Crippen molar-refractivity contribution in [2.45, 2.75) is 11.1 Å². The van der Waals surface area contributed by atoms with Crippen LogP contribution in [0.3, 0.4) is 0 Å². The Labute approximate surface area is 148 Å². The lowest BCUT2D eigenvalue weighted by atomic mass is 10.3. The van der Waals surface area contributed by atoms with Crippen molar-refractivity contribution in [1.82, 2.24) is 4.98 Å². The number of hydrogen-bond acceptors (Lipinski definition) is 6. The maximum Gasteiger partial charge on any atom is 0.271 e. The topological polar surface area (TPSA) is 88.2 Å². The van der Waals surface area contributed by atoms with Gasteiger partial charge < -0.3 is 5.32 Å². The highest BCUT2D eigenvalue weighted by molar-refractivity contribution is 9.11. The molecule has 0 unspecified atom stereocenters. The Balaban J connectivity index is 1.90. The predicted molar refractivity (Wildman–Crippen MR) is 96.8 cm³/mol. The number of thiophene rings is 1. The second-order valence-corrected chi connectivity index (χ2v) is 9.95. The highest BCUT2D eigenvalue weighted by Crippen LogP contribution is 2.30. The van der Waals surface area contributed by atoms with Gasteiger partial charge in [0.1, 0.15) is 4.21 Å². The summed E-state index contributed by atoms with van der Waals surface area (Å²) in [6, 6.07) is 8.28. The number of benzene rings is 1. The summed E-state index contributed by atoms with van der Waals surface area (Å²) < 4.78 is 29.0. The number of rotatable bonds is 4. The Hall–Kier alpha value is -1.49. The molecule has 23 heavy (non-hydrogen) atoms. The van der Waals surface area contributed by atoms with Gasteiger partial charge in [-0.25, -0.2) is 13.4 Å². The maximum absolute atomic E-state index is 12.3. The van der Waals surface area contributed by atoms with Crippen LogP contribution in [0.25, 0.3) is 10.2 Å². The van der Waals surface area contributed by atoms with Crippen LogP contribution in [0.15, 0.2) is 38.3 Å². The first-order valence-electron chi connectivity index (χ1n) is 6.30. The zero-order valence-corrected chi connectivity index (χ0v) is 15.7. The van der Waals surface area contributed by atoms with Gasteiger partial charge in [0.15, 0.2) is 5.13 Å². The van der Waals surface area contributed by atoms with E-state index in [1.54, 1.807) is 24.3 Å². The minimum Gasteiger partial charge on any atom is -0.302 e. The fourth-order valence-corrected chi connectivity index (χ4v) is 5.79. The summed E-state index contributed by atoms with van der Waals surface area (Å²) >= 11 is 5.71. The Morgan fingerprint density at radius 1 is 1.22 bits per heavy atom. The molecule has 2 N–H and O–H groups in total. The number of carbonyl (C=O) groups is 1. The van der Waals surface area contributed by atoms with Crippen LogP contribution in [-0.4, -0.2) is 19.3 Å². The number of carbonyl (C=O) groups excluding carboxylic acids is 1. The van der Waals surface area contributed by atoms with Gasteiger partial charge in [-0.05, 0) is 46.3 Å². The Bertz CT molecular complexity index is 994. The van der Waals surface area contributed by atoms with E-state index in [1.165, 1.54) is 24.3 Å². The van der Waals surface area contributed by atoms with Crippen molar-refractivity contribution in [2.24, 2.45) is 0 Å². The molecule has 1 aromatic carbocycles. The first kappa shape index (κ1) is 16.4. The van der Waals surface area contributed by atoms with E-state index in [0.717, 1.165) is 19.8 Å². The van der Waals surface area contributed by atoms with Crippen LogP contribution in [0.1, 0.15) is 6.92 Å². The molecule has 0 saturated heterocycles. The maximum atomic E-state index is 12.3. The minimum atomic E-state index is -3.63. The van der Waals surface area contributed by atoms with E-state index < -0.39 is 10.0 Å². The first-order valence-corrected chi connectivity index (χ1v) is 10.2. The molecule has 6 nitrogen and oxygen atoms in total.